The van der Waals surface area contributed by atoms with Crippen LogP contribution in [0.4, 0.5) is 17.3 Å². The largest absolute Gasteiger partial charge is 0.399 e. The summed E-state index contributed by atoms with van der Waals surface area (Å²) in [5, 5.41) is 25.3. The Morgan fingerprint density at radius 2 is 2.00 bits per heavy atom. The van der Waals surface area contributed by atoms with Crippen LogP contribution in [0.1, 0.15) is 29.2 Å². The highest BCUT2D eigenvalue weighted by Gasteiger charge is 2.38. The maximum absolute atomic E-state index is 11.7. The van der Waals surface area contributed by atoms with E-state index in [1.165, 1.54) is 0 Å². The van der Waals surface area contributed by atoms with Crippen LogP contribution in [0.25, 0.3) is 11.3 Å². The number of anilines is 3. The van der Waals surface area contributed by atoms with Gasteiger partial charge >= 0.3 is 10.4 Å². The smallest absolute Gasteiger partial charge is 0.383 e. The first kappa shape index (κ1) is 24.1. The number of fused-ring (bicyclic) bond motifs is 1. The number of benzene rings is 2. The van der Waals surface area contributed by atoms with E-state index in [0.29, 0.717) is 46.3 Å². The highest BCUT2D eigenvalue weighted by Crippen LogP contribution is 2.41. The van der Waals surface area contributed by atoms with Crippen LogP contribution in [-0.2, 0) is 24.2 Å². The van der Waals surface area contributed by atoms with Gasteiger partial charge in [0.15, 0.2) is 0 Å². The third-order valence-electron chi connectivity index (χ3n) is 5.85. The van der Waals surface area contributed by atoms with Crippen molar-refractivity contribution in [2.24, 2.45) is 0 Å². The monoisotopic (exact) mass is 490 g/mol. The summed E-state index contributed by atoms with van der Waals surface area (Å²) in [4.78, 5) is 8.88. The Hall–Kier alpha value is -4.03. The van der Waals surface area contributed by atoms with E-state index in [4.69, 9.17) is 4.18 Å². The van der Waals surface area contributed by atoms with Crippen LogP contribution in [0.2, 0.25) is 0 Å². The van der Waals surface area contributed by atoms with Crippen molar-refractivity contribution < 1.29 is 16.8 Å². The molecule has 10 nitrogen and oxygen atoms in total. The number of hydrogen-bond donors (Lipinski definition) is 2. The van der Waals surface area contributed by atoms with E-state index in [9.17, 15) is 18.9 Å². The number of nitrogens with zero attached hydrogens (tertiary/aromatic N) is 4. The predicted octanol–water partition coefficient (Wildman–Crippen LogP) is 3.53. The van der Waals surface area contributed by atoms with Gasteiger partial charge in [0.25, 0.3) is 0 Å². The Labute approximate surface area is 203 Å². The van der Waals surface area contributed by atoms with Gasteiger partial charge in [-0.2, -0.15) is 18.9 Å². The Morgan fingerprint density at radius 1 is 1.20 bits per heavy atom. The molecule has 1 atom stereocenters. The minimum atomic E-state index is -4.11. The van der Waals surface area contributed by atoms with Gasteiger partial charge < -0.3 is 10.6 Å². The Morgan fingerprint density at radius 3 is 2.71 bits per heavy atom. The molecule has 0 saturated carbocycles. The van der Waals surface area contributed by atoms with Gasteiger partial charge in [0.2, 0.25) is 5.95 Å². The lowest BCUT2D eigenvalue weighted by Gasteiger charge is -2.23. The number of rotatable bonds is 7. The molecule has 2 N–H and O–H groups in total. The van der Waals surface area contributed by atoms with Crippen molar-refractivity contribution >= 4 is 27.7 Å². The van der Waals surface area contributed by atoms with Gasteiger partial charge in [-0.3, -0.25) is 4.18 Å². The van der Waals surface area contributed by atoms with Crippen LogP contribution in [-0.4, -0.2) is 38.6 Å². The second-order valence-corrected chi connectivity index (χ2v) is 9.73. The van der Waals surface area contributed by atoms with Crippen LogP contribution in [0.15, 0.2) is 42.6 Å². The molecule has 0 fully saturated rings. The third kappa shape index (κ3) is 4.93. The molecule has 11 heteroatoms. The van der Waals surface area contributed by atoms with Crippen molar-refractivity contribution in [3.63, 3.8) is 0 Å². The molecule has 0 saturated heterocycles. The van der Waals surface area contributed by atoms with E-state index >= 15 is 0 Å². The molecule has 1 aliphatic rings. The van der Waals surface area contributed by atoms with Gasteiger partial charge in [0.05, 0.1) is 42.3 Å². The van der Waals surface area contributed by atoms with Gasteiger partial charge in [0.1, 0.15) is 6.07 Å². The minimum absolute atomic E-state index is 0.164. The zero-order chi connectivity index (χ0) is 25.2. The summed E-state index contributed by atoms with van der Waals surface area (Å²) in [7, 11) is -3.08. The lowest BCUT2D eigenvalue weighted by molar-refractivity contribution is 0.201. The first-order valence-corrected chi connectivity index (χ1v) is 11.9. The summed E-state index contributed by atoms with van der Waals surface area (Å²) < 4.78 is 32.8. The molecule has 178 valence electrons. The van der Waals surface area contributed by atoms with Gasteiger partial charge in [-0.05, 0) is 48.4 Å². The van der Waals surface area contributed by atoms with Crippen LogP contribution in [0, 0.1) is 29.6 Å². The highest BCUT2D eigenvalue weighted by molar-refractivity contribution is 7.81. The normalized spacial score (nSPS) is 16.6. The Kier molecular flexibility index (Phi) is 6.41. The summed E-state index contributed by atoms with van der Waals surface area (Å²) in [5.41, 5.74) is 4.42. The van der Waals surface area contributed by atoms with E-state index in [1.54, 1.807) is 30.5 Å². The maximum Gasteiger partial charge on any atom is 0.399 e. The third-order valence-corrected chi connectivity index (χ3v) is 6.67. The molecule has 0 spiro atoms. The lowest BCUT2D eigenvalue weighted by Crippen LogP contribution is -2.32. The number of aryl methyl sites for hydroxylation is 1. The molecule has 0 amide bonds. The van der Waals surface area contributed by atoms with Gasteiger partial charge in [-0.25, -0.2) is 14.2 Å². The topological polar surface area (TPSA) is 150 Å². The number of hydrogen-bond acceptors (Lipinski definition) is 10. The molecule has 4 rings (SSSR count). The number of nitriles is 2. The molecule has 1 aliphatic heterocycles. The van der Waals surface area contributed by atoms with Crippen LogP contribution >= 0.6 is 0 Å². The van der Waals surface area contributed by atoms with Crippen molar-refractivity contribution in [2.45, 2.75) is 19.3 Å². The van der Waals surface area contributed by atoms with Crippen molar-refractivity contribution in [2.75, 3.05) is 30.9 Å². The molecule has 35 heavy (non-hydrogen) atoms. The second kappa shape index (κ2) is 9.31. The average molecular weight is 491 g/mol. The van der Waals surface area contributed by atoms with Gasteiger partial charge in [0, 0.05) is 29.4 Å². The first-order valence-electron chi connectivity index (χ1n) is 10.6. The minimum Gasteiger partial charge on any atom is -0.383 e. The first-order chi connectivity index (χ1) is 16.7. The SMILES string of the molecule is COS(=O)(=O)OCC1(C)CNc2c(C#N)cc(-c3ccnc(Nc4cc(C#N)ccc4C)n3)cc21. The predicted molar refractivity (Wildman–Crippen MR) is 129 cm³/mol. The maximum atomic E-state index is 11.7. The average Bonchev–Trinajstić information content (AvgIpc) is 3.21. The fourth-order valence-electron chi connectivity index (χ4n) is 3.83. The summed E-state index contributed by atoms with van der Waals surface area (Å²) in [6.45, 7) is 3.97. The van der Waals surface area contributed by atoms with E-state index in [2.05, 4.69) is 36.9 Å². The van der Waals surface area contributed by atoms with Crippen LogP contribution in [0.3, 0.4) is 0 Å². The number of aromatic nitrogens is 2. The van der Waals surface area contributed by atoms with Crippen molar-refractivity contribution in [1.29, 1.82) is 10.5 Å². The summed E-state index contributed by atoms with van der Waals surface area (Å²) >= 11 is 0. The zero-order valence-electron chi connectivity index (χ0n) is 19.3. The van der Waals surface area contributed by atoms with Gasteiger partial charge in [-0.15, -0.1) is 0 Å². The molecule has 2 heterocycles. The van der Waals surface area contributed by atoms with Crippen LogP contribution in [0.5, 0.6) is 0 Å². The zero-order valence-corrected chi connectivity index (χ0v) is 20.1. The molecular weight excluding hydrogens is 468 g/mol. The summed E-state index contributed by atoms with van der Waals surface area (Å²) in [6, 6.07) is 14.9. The number of nitrogens with one attached hydrogen (secondary N) is 2. The standard InChI is InChI=1S/C24H22N6O4S/c1-15-4-5-16(11-25)8-21(15)30-23-27-7-6-20(29-23)17-9-18(12-26)22-19(10-17)24(2,13-28-22)14-34-35(31,32)33-3/h4-10,28H,13-14H2,1-3H3,(H,27,29,30). The second-order valence-electron chi connectivity index (χ2n) is 8.34. The molecule has 0 aliphatic carbocycles. The molecular formula is C24H22N6O4S. The Bertz CT molecular complexity index is 1490. The Balaban J connectivity index is 1.71. The van der Waals surface area contributed by atoms with E-state index in [0.717, 1.165) is 18.2 Å². The molecule has 2 aromatic carbocycles. The van der Waals surface area contributed by atoms with Crippen LogP contribution < -0.4 is 10.6 Å². The lowest BCUT2D eigenvalue weighted by atomic mass is 9.83. The summed E-state index contributed by atoms with van der Waals surface area (Å²) in [6.07, 6.45) is 1.60. The van der Waals surface area contributed by atoms with Crippen molar-refractivity contribution in [3.8, 4) is 23.4 Å². The van der Waals surface area contributed by atoms with Gasteiger partial charge in [-0.1, -0.05) is 13.0 Å². The quantitative estimate of drug-likeness (QED) is 0.503. The highest BCUT2D eigenvalue weighted by atomic mass is 32.3. The van der Waals surface area contributed by atoms with E-state index in [1.807, 2.05) is 26.0 Å². The molecule has 1 unspecified atom stereocenters. The molecule has 3 aromatic rings. The molecule has 1 aromatic heterocycles. The summed E-state index contributed by atoms with van der Waals surface area (Å²) in [5.74, 6) is 0.329. The van der Waals surface area contributed by atoms with E-state index in [-0.39, 0.29) is 6.61 Å². The molecule has 0 radical (unpaired) electrons. The van der Waals surface area contributed by atoms with E-state index < -0.39 is 15.8 Å². The van der Waals surface area contributed by atoms with Crippen molar-refractivity contribution in [3.05, 3.63) is 64.8 Å². The fourth-order valence-corrected chi connectivity index (χ4v) is 4.33. The fraction of sp³-hybridized carbons (Fsp3) is 0.250. The molecule has 0 bridgehead atoms. The van der Waals surface area contributed by atoms with Crippen molar-refractivity contribution in [1.82, 2.24) is 9.97 Å².